The molecular formula is C20H29NO3S. The molecule has 1 N–H and O–H groups in total. The highest BCUT2D eigenvalue weighted by Gasteiger charge is 2.65. The molecule has 0 aliphatic heterocycles. The molecule has 2 aliphatic carbocycles. The Morgan fingerprint density at radius 1 is 1.20 bits per heavy atom. The van der Waals surface area contributed by atoms with Crippen molar-refractivity contribution < 1.29 is 13.2 Å². The van der Waals surface area contributed by atoms with Crippen LogP contribution in [0.4, 0.5) is 5.69 Å². The number of sulfonamides is 1. The number of Topliss-reactive ketones (excluding diaryl/α,β-unsaturated/α-hetero) is 1. The van der Waals surface area contributed by atoms with Crippen molar-refractivity contribution in [3.63, 3.8) is 0 Å². The van der Waals surface area contributed by atoms with E-state index in [4.69, 9.17) is 0 Å². The zero-order valence-corrected chi connectivity index (χ0v) is 16.3. The quantitative estimate of drug-likeness (QED) is 0.791. The minimum Gasteiger partial charge on any atom is -0.299 e. The van der Waals surface area contributed by atoms with E-state index >= 15 is 0 Å². The molecule has 2 atom stereocenters. The molecule has 138 valence electrons. The number of anilines is 1. The molecule has 3 rings (SSSR count). The summed E-state index contributed by atoms with van der Waals surface area (Å²) in [6.07, 6.45) is 5.47. The van der Waals surface area contributed by atoms with Crippen LogP contribution < -0.4 is 4.72 Å². The molecule has 0 spiro atoms. The SMILES string of the molecule is CCCCc1ccc(NS(=O)(=O)CC23CCC(CC2=O)C3(C)C)cc1. The highest BCUT2D eigenvalue weighted by Crippen LogP contribution is 2.64. The van der Waals surface area contributed by atoms with Gasteiger partial charge in [-0.3, -0.25) is 9.52 Å². The molecule has 2 bridgehead atoms. The van der Waals surface area contributed by atoms with E-state index in [0.29, 0.717) is 24.4 Å². The second-order valence-electron chi connectivity index (χ2n) is 8.33. The lowest BCUT2D eigenvalue weighted by Crippen LogP contribution is -2.43. The van der Waals surface area contributed by atoms with Gasteiger partial charge in [0.05, 0.1) is 11.2 Å². The van der Waals surface area contributed by atoms with Crippen molar-refractivity contribution >= 4 is 21.5 Å². The van der Waals surface area contributed by atoms with Crippen LogP contribution in [0.3, 0.4) is 0 Å². The molecule has 4 nitrogen and oxygen atoms in total. The maximum atomic E-state index is 12.8. The molecule has 1 aromatic carbocycles. The molecule has 0 aromatic heterocycles. The van der Waals surface area contributed by atoms with Gasteiger partial charge in [-0.1, -0.05) is 39.3 Å². The Morgan fingerprint density at radius 3 is 2.40 bits per heavy atom. The van der Waals surface area contributed by atoms with Crippen LogP contribution in [0.5, 0.6) is 0 Å². The van der Waals surface area contributed by atoms with E-state index in [0.717, 1.165) is 25.7 Å². The highest BCUT2D eigenvalue weighted by molar-refractivity contribution is 7.92. The zero-order valence-electron chi connectivity index (χ0n) is 15.5. The van der Waals surface area contributed by atoms with E-state index in [1.54, 1.807) is 0 Å². The number of hydrogen-bond acceptors (Lipinski definition) is 3. The van der Waals surface area contributed by atoms with E-state index < -0.39 is 15.4 Å². The number of carbonyl (C=O) groups is 1. The third-order valence-electron chi connectivity index (χ3n) is 6.62. The van der Waals surface area contributed by atoms with E-state index in [9.17, 15) is 13.2 Å². The summed E-state index contributed by atoms with van der Waals surface area (Å²) in [6, 6.07) is 7.59. The first kappa shape index (κ1) is 18.4. The van der Waals surface area contributed by atoms with E-state index in [1.165, 1.54) is 5.56 Å². The lowest BCUT2D eigenvalue weighted by Gasteiger charge is -2.36. The van der Waals surface area contributed by atoms with Crippen molar-refractivity contribution in [1.82, 2.24) is 0 Å². The largest absolute Gasteiger partial charge is 0.299 e. The van der Waals surface area contributed by atoms with Gasteiger partial charge in [0.2, 0.25) is 10.0 Å². The molecule has 2 fully saturated rings. The van der Waals surface area contributed by atoms with E-state index in [-0.39, 0.29) is 17.0 Å². The first-order chi connectivity index (χ1) is 11.7. The Bertz CT molecular complexity index is 752. The summed E-state index contributed by atoms with van der Waals surface area (Å²) in [5, 5.41) is 0. The van der Waals surface area contributed by atoms with Gasteiger partial charge in [-0.2, -0.15) is 0 Å². The van der Waals surface area contributed by atoms with E-state index in [1.807, 2.05) is 24.3 Å². The number of unbranched alkanes of at least 4 members (excludes halogenated alkanes) is 1. The predicted molar refractivity (Wildman–Crippen MR) is 101 cm³/mol. The average molecular weight is 364 g/mol. The van der Waals surface area contributed by atoms with Crippen molar-refractivity contribution in [3.05, 3.63) is 29.8 Å². The third kappa shape index (κ3) is 3.23. The second kappa shape index (κ2) is 6.42. The van der Waals surface area contributed by atoms with E-state index in [2.05, 4.69) is 25.5 Å². The summed E-state index contributed by atoms with van der Waals surface area (Å²) in [7, 11) is -3.57. The summed E-state index contributed by atoms with van der Waals surface area (Å²) in [5.74, 6) is 0.363. The maximum absolute atomic E-state index is 12.8. The number of benzene rings is 1. The van der Waals surface area contributed by atoms with Crippen LogP contribution in [0.15, 0.2) is 24.3 Å². The smallest absolute Gasteiger partial charge is 0.233 e. The van der Waals surface area contributed by atoms with Gasteiger partial charge >= 0.3 is 0 Å². The van der Waals surface area contributed by atoms with Gasteiger partial charge in [0.25, 0.3) is 0 Å². The van der Waals surface area contributed by atoms with Crippen molar-refractivity contribution in [1.29, 1.82) is 0 Å². The van der Waals surface area contributed by atoms with Crippen LogP contribution in [-0.2, 0) is 21.2 Å². The molecule has 0 heterocycles. The topological polar surface area (TPSA) is 63.2 Å². The number of aryl methyl sites for hydroxylation is 1. The van der Waals surface area contributed by atoms with Crippen LogP contribution in [-0.4, -0.2) is 20.0 Å². The molecule has 5 heteroatoms. The summed E-state index contributed by atoms with van der Waals surface area (Å²) in [6.45, 7) is 6.28. The molecule has 25 heavy (non-hydrogen) atoms. The number of carbonyl (C=O) groups excluding carboxylic acids is 1. The first-order valence-corrected chi connectivity index (χ1v) is 11.0. The van der Waals surface area contributed by atoms with Crippen LogP contribution in [0.25, 0.3) is 0 Å². The Morgan fingerprint density at radius 2 is 1.88 bits per heavy atom. The zero-order chi connectivity index (χ0) is 18.3. The van der Waals surface area contributed by atoms with Crippen LogP contribution in [0, 0.1) is 16.7 Å². The fourth-order valence-electron chi connectivity index (χ4n) is 4.77. The fourth-order valence-corrected chi connectivity index (χ4v) is 6.66. The highest BCUT2D eigenvalue weighted by atomic mass is 32.2. The standard InChI is InChI=1S/C20H29NO3S/c1-4-5-6-15-7-9-17(10-8-15)21-25(23,24)14-20-12-11-16(13-18(20)22)19(20,2)3/h7-10,16,21H,4-6,11-14H2,1-3H3. The Balaban J connectivity index is 1.73. The van der Waals surface area contributed by atoms with Gasteiger partial charge in [-0.25, -0.2) is 8.42 Å². The Hall–Kier alpha value is -1.36. The molecular weight excluding hydrogens is 334 g/mol. The molecule has 0 saturated heterocycles. The van der Waals surface area contributed by atoms with Gasteiger partial charge in [0.15, 0.2) is 0 Å². The van der Waals surface area contributed by atoms with Crippen molar-refractivity contribution in [3.8, 4) is 0 Å². The lowest BCUT2D eigenvalue weighted by molar-refractivity contribution is -0.128. The summed E-state index contributed by atoms with van der Waals surface area (Å²) < 4.78 is 28.2. The van der Waals surface area contributed by atoms with Crippen LogP contribution >= 0.6 is 0 Å². The summed E-state index contributed by atoms with van der Waals surface area (Å²) in [5.41, 5.74) is 0.844. The van der Waals surface area contributed by atoms with Crippen LogP contribution in [0.1, 0.15) is 58.4 Å². The predicted octanol–water partition coefficient (Wildman–Crippen LogP) is 4.17. The van der Waals surface area contributed by atoms with Crippen LogP contribution in [0.2, 0.25) is 0 Å². The number of hydrogen-bond donors (Lipinski definition) is 1. The van der Waals surface area contributed by atoms with Gasteiger partial charge in [0, 0.05) is 12.1 Å². The van der Waals surface area contributed by atoms with Crippen molar-refractivity contribution in [2.24, 2.45) is 16.7 Å². The van der Waals surface area contributed by atoms with Gasteiger partial charge in [-0.05, 0) is 54.7 Å². The molecule has 2 aliphatic rings. The summed E-state index contributed by atoms with van der Waals surface area (Å²) >= 11 is 0. The van der Waals surface area contributed by atoms with Gasteiger partial charge in [0.1, 0.15) is 5.78 Å². The number of fused-ring (bicyclic) bond motifs is 2. The molecule has 2 unspecified atom stereocenters. The number of rotatable bonds is 7. The minimum absolute atomic E-state index is 0.0973. The third-order valence-corrected chi connectivity index (χ3v) is 8.04. The minimum atomic E-state index is -3.57. The van der Waals surface area contributed by atoms with Gasteiger partial charge < -0.3 is 0 Å². The molecule has 0 amide bonds. The van der Waals surface area contributed by atoms with Crippen molar-refractivity contribution in [2.75, 3.05) is 10.5 Å². The summed E-state index contributed by atoms with van der Waals surface area (Å²) in [4.78, 5) is 12.6. The average Bonchev–Trinajstić information content (AvgIpc) is 2.87. The number of nitrogens with one attached hydrogen (secondary N) is 1. The normalized spacial score (nSPS) is 27.6. The fraction of sp³-hybridized carbons (Fsp3) is 0.650. The Kier molecular flexibility index (Phi) is 4.73. The molecule has 2 saturated carbocycles. The monoisotopic (exact) mass is 363 g/mol. The maximum Gasteiger partial charge on any atom is 0.233 e. The second-order valence-corrected chi connectivity index (χ2v) is 10.1. The molecule has 0 radical (unpaired) electrons. The van der Waals surface area contributed by atoms with Crippen molar-refractivity contribution in [2.45, 2.75) is 59.3 Å². The first-order valence-electron chi connectivity index (χ1n) is 9.33. The Labute approximate surface area is 151 Å². The molecule has 1 aromatic rings. The van der Waals surface area contributed by atoms with Gasteiger partial charge in [-0.15, -0.1) is 0 Å². The number of ketones is 1. The lowest BCUT2D eigenvalue weighted by atomic mass is 9.70.